The van der Waals surface area contributed by atoms with E-state index in [4.69, 9.17) is 10.5 Å². The van der Waals surface area contributed by atoms with Gasteiger partial charge in [0.1, 0.15) is 0 Å². The van der Waals surface area contributed by atoms with Crippen LogP contribution in [0.25, 0.3) is 0 Å². The van der Waals surface area contributed by atoms with E-state index in [2.05, 4.69) is 11.1 Å². The molecule has 0 aromatic carbocycles. The third kappa shape index (κ3) is 1.60. The molecular formula is C11H16N2O. The number of pyridine rings is 1. The van der Waals surface area contributed by atoms with Crippen LogP contribution >= 0.6 is 0 Å². The first kappa shape index (κ1) is 9.46. The molecule has 2 N–H and O–H groups in total. The summed E-state index contributed by atoms with van der Waals surface area (Å²) in [4.78, 5) is 4.26. The van der Waals surface area contributed by atoms with E-state index < -0.39 is 0 Å². The number of hydrogen-bond donors (Lipinski definition) is 1. The van der Waals surface area contributed by atoms with Crippen LogP contribution in [0, 0.1) is 12.8 Å². The van der Waals surface area contributed by atoms with Gasteiger partial charge in [-0.2, -0.15) is 0 Å². The Kier molecular flexibility index (Phi) is 2.42. The van der Waals surface area contributed by atoms with Gasteiger partial charge in [0.25, 0.3) is 0 Å². The summed E-state index contributed by atoms with van der Waals surface area (Å²) in [6, 6.07) is 2.16. The molecule has 14 heavy (non-hydrogen) atoms. The van der Waals surface area contributed by atoms with Crippen LogP contribution in [-0.2, 0) is 0 Å². The number of aromatic nitrogens is 1. The molecule has 3 nitrogen and oxygen atoms in total. The summed E-state index contributed by atoms with van der Waals surface area (Å²) in [6.07, 6.45) is 3.12. The van der Waals surface area contributed by atoms with Crippen LogP contribution in [0.3, 0.4) is 0 Å². The second-order valence-electron chi connectivity index (χ2n) is 3.93. The van der Waals surface area contributed by atoms with Crippen LogP contribution in [0.4, 0.5) is 0 Å². The molecule has 0 amide bonds. The molecule has 0 bridgehead atoms. The fourth-order valence-electron chi connectivity index (χ4n) is 1.92. The van der Waals surface area contributed by atoms with Gasteiger partial charge < -0.3 is 10.5 Å². The van der Waals surface area contributed by atoms with Gasteiger partial charge in [0.05, 0.1) is 7.11 Å². The zero-order chi connectivity index (χ0) is 10.1. The summed E-state index contributed by atoms with van der Waals surface area (Å²) in [5.74, 6) is 2.03. The Hall–Kier alpha value is -1.09. The quantitative estimate of drug-likeness (QED) is 0.788. The highest BCUT2D eigenvalue weighted by Crippen LogP contribution is 2.46. The lowest BCUT2D eigenvalue weighted by Crippen LogP contribution is -2.02. The molecule has 1 saturated carbocycles. The van der Waals surface area contributed by atoms with Gasteiger partial charge in [-0.3, -0.25) is 0 Å². The van der Waals surface area contributed by atoms with E-state index >= 15 is 0 Å². The predicted octanol–water partition coefficient (Wildman–Crippen LogP) is 1.46. The lowest BCUT2D eigenvalue weighted by molar-refractivity contribution is 0.394. The van der Waals surface area contributed by atoms with E-state index in [0.717, 1.165) is 18.0 Å². The highest BCUT2D eigenvalue weighted by Gasteiger charge is 2.37. The minimum Gasteiger partial charge on any atom is -0.481 e. The first-order valence-electron chi connectivity index (χ1n) is 4.97. The van der Waals surface area contributed by atoms with Crippen molar-refractivity contribution in [2.45, 2.75) is 19.3 Å². The molecule has 1 heterocycles. The van der Waals surface area contributed by atoms with Crippen molar-refractivity contribution in [3.63, 3.8) is 0 Å². The molecule has 2 unspecified atom stereocenters. The number of rotatable bonds is 3. The molecule has 1 aliphatic rings. The van der Waals surface area contributed by atoms with E-state index in [1.54, 1.807) is 7.11 Å². The van der Waals surface area contributed by atoms with E-state index in [9.17, 15) is 0 Å². The Morgan fingerprint density at radius 1 is 1.64 bits per heavy atom. The smallest absolute Gasteiger partial charge is 0.215 e. The van der Waals surface area contributed by atoms with Crippen molar-refractivity contribution < 1.29 is 4.74 Å². The molecule has 76 valence electrons. The largest absolute Gasteiger partial charge is 0.481 e. The van der Waals surface area contributed by atoms with Crippen molar-refractivity contribution in [3.05, 3.63) is 23.4 Å². The normalized spacial score (nSPS) is 24.8. The number of methoxy groups -OCH3 is 1. The molecule has 1 aromatic heterocycles. The Bertz CT molecular complexity index is 338. The van der Waals surface area contributed by atoms with E-state index in [1.165, 1.54) is 12.0 Å². The molecule has 1 fully saturated rings. The molecule has 0 spiro atoms. The van der Waals surface area contributed by atoms with Gasteiger partial charge in [-0.25, -0.2) is 4.98 Å². The van der Waals surface area contributed by atoms with Gasteiger partial charge in [0, 0.05) is 11.8 Å². The Morgan fingerprint density at radius 3 is 2.93 bits per heavy atom. The average molecular weight is 192 g/mol. The SMILES string of the molecule is COc1ncc(C2CC2CN)cc1C. The summed E-state index contributed by atoms with van der Waals surface area (Å²) in [7, 11) is 1.65. The highest BCUT2D eigenvalue weighted by atomic mass is 16.5. The monoisotopic (exact) mass is 192 g/mol. The number of aryl methyl sites for hydroxylation is 1. The summed E-state index contributed by atoms with van der Waals surface area (Å²) < 4.78 is 5.12. The molecule has 2 rings (SSSR count). The number of ether oxygens (including phenoxy) is 1. The lowest BCUT2D eigenvalue weighted by Gasteiger charge is -2.05. The van der Waals surface area contributed by atoms with E-state index in [-0.39, 0.29) is 0 Å². The number of nitrogens with two attached hydrogens (primary N) is 1. The third-order valence-corrected chi connectivity index (χ3v) is 2.90. The van der Waals surface area contributed by atoms with Crippen molar-refractivity contribution in [2.24, 2.45) is 11.7 Å². The van der Waals surface area contributed by atoms with Crippen LogP contribution in [0.1, 0.15) is 23.5 Å². The fraction of sp³-hybridized carbons (Fsp3) is 0.545. The standard InChI is InChI=1S/C11H16N2O/c1-7-3-9(6-13-11(7)14-2)10-4-8(10)5-12/h3,6,8,10H,4-5,12H2,1-2H3. The molecule has 3 heteroatoms. The number of hydrogen-bond acceptors (Lipinski definition) is 3. The Morgan fingerprint density at radius 2 is 2.43 bits per heavy atom. The molecule has 2 atom stereocenters. The maximum absolute atomic E-state index is 5.61. The van der Waals surface area contributed by atoms with Crippen molar-refractivity contribution in [3.8, 4) is 5.88 Å². The summed E-state index contributed by atoms with van der Waals surface area (Å²) in [5.41, 5.74) is 8.02. The second kappa shape index (κ2) is 3.58. The average Bonchev–Trinajstić information content (AvgIpc) is 2.96. The first-order valence-corrected chi connectivity index (χ1v) is 4.97. The van der Waals surface area contributed by atoms with E-state index in [1.807, 2.05) is 13.1 Å². The zero-order valence-corrected chi connectivity index (χ0v) is 8.66. The second-order valence-corrected chi connectivity index (χ2v) is 3.93. The zero-order valence-electron chi connectivity index (χ0n) is 8.66. The summed E-state index contributed by atoms with van der Waals surface area (Å²) in [6.45, 7) is 2.81. The van der Waals surface area contributed by atoms with Crippen LogP contribution < -0.4 is 10.5 Å². The lowest BCUT2D eigenvalue weighted by atomic mass is 10.1. The van der Waals surface area contributed by atoms with Gasteiger partial charge in [0.15, 0.2) is 0 Å². The minimum absolute atomic E-state index is 0.636. The molecule has 1 aromatic rings. The molecule has 0 saturated heterocycles. The maximum atomic E-state index is 5.61. The van der Waals surface area contributed by atoms with Crippen molar-refractivity contribution >= 4 is 0 Å². The van der Waals surface area contributed by atoms with Gasteiger partial charge in [-0.05, 0) is 43.4 Å². The molecular weight excluding hydrogens is 176 g/mol. The van der Waals surface area contributed by atoms with Crippen LogP contribution in [-0.4, -0.2) is 18.6 Å². The minimum atomic E-state index is 0.636. The summed E-state index contributed by atoms with van der Waals surface area (Å²) >= 11 is 0. The van der Waals surface area contributed by atoms with Crippen molar-refractivity contribution in [1.82, 2.24) is 4.98 Å². The molecule has 0 radical (unpaired) electrons. The van der Waals surface area contributed by atoms with Gasteiger partial charge in [-0.15, -0.1) is 0 Å². The topological polar surface area (TPSA) is 48.1 Å². The van der Waals surface area contributed by atoms with Crippen LogP contribution in [0.15, 0.2) is 12.3 Å². The Balaban J connectivity index is 2.17. The molecule has 1 aliphatic carbocycles. The summed E-state index contributed by atoms with van der Waals surface area (Å²) in [5, 5.41) is 0. The fourth-order valence-corrected chi connectivity index (χ4v) is 1.92. The van der Waals surface area contributed by atoms with Crippen LogP contribution in [0.2, 0.25) is 0 Å². The van der Waals surface area contributed by atoms with Gasteiger partial charge in [0.2, 0.25) is 5.88 Å². The van der Waals surface area contributed by atoms with Crippen molar-refractivity contribution in [1.29, 1.82) is 0 Å². The van der Waals surface area contributed by atoms with Crippen LogP contribution in [0.5, 0.6) is 5.88 Å². The predicted molar refractivity (Wildman–Crippen MR) is 55.4 cm³/mol. The van der Waals surface area contributed by atoms with Gasteiger partial charge in [-0.1, -0.05) is 0 Å². The highest BCUT2D eigenvalue weighted by molar-refractivity contribution is 5.33. The first-order chi connectivity index (χ1) is 6.76. The number of nitrogens with zero attached hydrogens (tertiary/aromatic N) is 1. The van der Waals surface area contributed by atoms with Crippen molar-refractivity contribution in [2.75, 3.05) is 13.7 Å². The van der Waals surface area contributed by atoms with E-state index in [0.29, 0.717) is 11.8 Å². The third-order valence-electron chi connectivity index (χ3n) is 2.90. The maximum Gasteiger partial charge on any atom is 0.215 e. The van der Waals surface area contributed by atoms with Gasteiger partial charge >= 0.3 is 0 Å². The molecule has 0 aliphatic heterocycles. The Labute approximate surface area is 84.3 Å².